The molecule has 4 nitrogen and oxygen atoms in total. The van der Waals surface area contributed by atoms with Crippen molar-refractivity contribution >= 4 is 5.91 Å². The van der Waals surface area contributed by atoms with E-state index in [1.54, 1.807) is 0 Å². The number of likely N-dealkylation sites (tertiary alicyclic amines) is 2. The second-order valence-electron chi connectivity index (χ2n) is 9.61. The number of carbonyl (C=O) groups is 1. The summed E-state index contributed by atoms with van der Waals surface area (Å²) in [6.45, 7) is 13.3. The molecule has 2 fully saturated rings. The summed E-state index contributed by atoms with van der Waals surface area (Å²) in [5.41, 5.74) is 1.55. The number of nitrogens with zero attached hydrogens (tertiary/aromatic N) is 2. The highest BCUT2D eigenvalue weighted by Gasteiger charge is 2.32. The lowest BCUT2D eigenvalue weighted by Gasteiger charge is -2.43. The Bertz CT molecular complexity index is 587. The summed E-state index contributed by atoms with van der Waals surface area (Å²) in [5.74, 6) is 0.379. The van der Waals surface area contributed by atoms with Crippen LogP contribution in [-0.4, -0.2) is 54.5 Å². The van der Waals surface area contributed by atoms with Gasteiger partial charge < -0.3 is 10.2 Å². The van der Waals surface area contributed by atoms with Crippen molar-refractivity contribution in [2.45, 2.75) is 59.0 Å². The molecule has 2 saturated heterocycles. The van der Waals surface area contributed by atoms with Crippen LogP contribution in [0, 0.1) is 11.3 Å². The van der Waals surface area contributed by atoms with Gasteiger partial charge in [-0.1, -0.05) is 51.1 Å². The van der Waals surface area contributed by atoms with E-state index in [2.05, 4.69) is 48.0 Å². The molecule has 0 bridgehead atoms. The quantitative estimate of drug-likeness (QED) is 0.860. The zero-order valence-corrected chi connectivity index (χ0v) is 17.4. The second kappa shape index (κ2) is 9.20. The van der Waals surface area contributed by atoms with Gasteiger partial charge in [0.05, 0.1) is 5.92 Å². The normalized spacial score (nSPS) is 23.3. The van der Waals surface area contributed by atoms with Crippen LogP contribution in [0.25, 0.3) is 0 Å². The zero-order valence-electron chi connectivity index (χ0n) is 17.4. The first-order valence-corrected chi connectivity index (χ1v) is 10.7. The van der Waals surface area contributed by atoms with Gasteiger partial charge in [-0.2, -0.15) is 0 Å². The molecule has 0 aliphatic carbocycles. The summed E-state index contributed by atoms with van der Waals surface area (Å²) in [6, 6.07) is 10.9. The summed E-state index contributed by atoms with van der Waals surface area (Å²) < 4.78 is 0. The van der Waals surface area contributed by atoms with E-state index >= 15 is 0 Å². The van der Waals surface area contributed by atoms with E-state index in [9.17, 15) is 4.79 Å². The number of hydrogen-bond acceptors (Lipinski definition) is 3. The zero-order chi connectivity index (χ0) is 19.3. The van der Waals surface area contributed by atoms with Crippen LogP contribution in [-0.2, 0) is 11.3 Å². The van der Waals surface area contributed by atoms with E-state index in [1.165, 1.54) is 38.0 Å². The fourth-order valence-electron chi connectivity index (χ4n) is 4.59. The van der Waals surface area contributed by atoms with Gasteiger partial charge in [0.1, 0.15) is 0 Å². The number of amides is 1. The Morgan fingerprint density at radius 3 is 2.44 bits per heavy atom. The van der Waals surface area contributed by atoms with Crippen LogP contribution in [0.3, 0.4) is 0 Å². The summed E-state index contributed by atoms with van der Waals surface area (Å²) >= 11 is 0. The molecule has 1 N–H and O–H groups in total. The van der Waals surface area contributed by atoms with E-state index in [0.717, 1.165) is 25.9 Å². The molecule has 1 amide bonds. The van der Waals surface area contributed by atoms with Gasteiger partial charge in [-0.15, -0.1) is 0 Å². The smallest absolute Gasteiger partial charge is 0.224 e. The van der Waals surface area contributed by atoms with E-state index in [1.807, 2.05) is 18.2 Å². The minimum Gasteiger partial charge on any atom is -0.352 e. The Balaban J connectivity index is 1.44. The number of rotatable bonds is 5. The third kappa shape index (κ3) is 6.32. The second-order valence-corrected chi connectivity index (χ2v) is 9.61. The van der Waals surface area contributed by atoms with Crippen molar-refractivity contribution in [2.75, 3.05) is 32.7 Å². The maximum Gasteiger partial charge on any atom is 0.224 e. The van der Waals surface area contributed by atoms with E-state index in [4.69, 9.17) is 0 Å². The molecule has 1 aromatic rings. The lowest BCUT2D eigenvalue weighted by atomic mass is 9.91. The lowest BCUT2D eigenvalue weighted by Crippen LogP contribution is -2.51. The third-order valence-electron chi connectivity index (χ3n) is 5.90. The molecule has 0 saturated carbocycles. The Morgan fingerprint density at radius 1 is 1.07 bits per heavy atom. The monoisotopic (exact) mass is 371 g/mol. The van der Waals surface area contributed by atoms with Crippen LogP contribution in [0.4, 0.5) is 0 Å². The van der Waals surface area contributed by atoms with Crippen molar-refractivity contribution in [1.82, 2.24) is 15.1 Å². The Morgan fingerprint density at radius 2 is 1.78 bits per heavy atom. The van der Waals surface area contributed by atoms with Gasteiger partial charge in [-0.3, -0.25) is 9.69 Å². The molecule has 27 heavy (non-hydrogen) atoms. The molecule has 1 aromatic carbocycles. The molecular weight excluding hydrogens is 334 g/mol. The van der Waals surface area contributed by atoms with Gasteiger partial charge in [0.2, 0.25) is 5.91 Å². The topological polar surface area (TPSA) is 35.6 Å². The average Bonchev–Trinajstić information content (AvgIpc) is 2.66. The van der Waals surface area contributed by atoms with Gasteiger partial charge in [0.25, 0.3) is 0 Å². The summed E-state index contributed by atoms with van der Waals surface area (Å²) in [5, 5.41) is 3.15. The van der Waals surface area contributed by atoms with Crippen LogP contribution >= 0.6 is 0 Å². The van der Waals surface area contributed by atoms with Crippen molar-refractivity contribution in [1.29, 1.82) is 0 Å². The molecule has 3 rings (SSSR count). The highest BCUT2D eigenvalue weighted by atomic mass is 16.1. The van der Waals surface area contributed by atoms with E-state index < -0.39 is 0 Å². The molecule has 1 atom stereocenters. The first-order valence-electron chi connectivity index (χ1n) is 10.7. The van der Waals surface area contributed by atoms with Gasteiger partial charge in [0.15, 0.2) is 0 Å². The number of carbonyl (C=O) groups excluding carboxylic acids is 1. The van der Waals surface area contributed by atoms with Crippen molar-refractivity contribution in [2.24, 2.45) is 11.3 Å². The minimum atomic E-state index is 0.148. The maximum absolute atomic E-state index is 12.7. The minimum absolute atomic E-state index is 0.148. The van der Waals surface area contributed by atoms with Gasteiger partial charge in [0, 0.05) is 25.7 Å². The van der Waals surface area contributed by atoms with Gasteiger partial charge in [-0.25, -0.2) is 0 Å². The van der Waals surface area contributed by atoms with Crippen molar-refractivity contribution in [3.8, 4) is 0 Å². The van der Waals surface area contributed by atoms with Crippen LogP contribution in [0.2, 0.25) is 0 Å². The van der Waals surface area contributed by atoms with Crippen molar-refractivity contribution in [3.05, 3.63) is 35.9 Å². The highest BCUT2D eigenvalue weighted by Crippen LogP contribution is 2.25. The molecule has 0 aromatic heterocycles. The molecule has 4 heteroatoms. The van der Waals surface area contributed by atoms with Gasteiger partial charge in [-0.05, 0) is 56.3 Å². The molecule has 0 unspecified atom stereocenters. The van der Waals surface area contributed by atoms with Crippen LogP contribution in [0.5, 0.6) is 0 Å². The first kappa shape index (κ1) is 20.3. The van der Waals surface area contributed by atoms with Crippen molar-refractivity contribution < 1.29 is 4.79 Å². The molecule has 2 aliphatic heterocycles. The summed E-state index contributed by atoms with van der Waals surface area (Å²) in [7, 11) is 0. The van der Waals surface area contributed by atoms with Crippen LogP contribution in [0.15, 0.2) is 30.3 Å². The summed E-state index contributed by atoms with van der Waals surface area (Å²) in [4.78, 5) is 17.9. The first-order chi connectivity index (χ1) is 12.9. The van der Waals surface area contributed by atoms with Crippen LogP contribution in [0.1, 0.15) is 52.0 Å². The maximum atomic E-state index is 12.7. The molecular formula is C23H37N3O. The fourth-order valence-corrected chi connectivity index (χ4v) is 4.59. The number of hydrogen-bond donors (Lipinski definition) is 1. The van der Waals surface area contributed by atoms with E-state index in [0.29, 0.717) is 18.0 Å². The SMILES string of the molecule is CC(C)(C)CN1CCC(N2CCC[C@@H](C(=O)NCc3ccccc3)C2)CC1. The number of benzene rings is 1. The third-order valence-corrected chi connectivity index (χ3v) is 5.90. The van der Waals surface area contributed by atoms with Crippen molar-refractivity contribution in [3.63, 3.8) is 0 Å². The predicted molar refractivity (Wildman–Crippen MR) is 112 cm³/mol. The van der Waals surface area contributed by atoms with Crippen LogP contribution < -0.4 is 5.32 Å². The molecule has 150 valence electrons. The Kier molecular flexibility index (Phi) is 6.93. The largest absolute Gasteiger partial charge is 0.352 e. The molecule has 2 heterocycles. The number of nitrogens with one attached hydrogen (secondary N) is 1. The fraction of sp³-hybridized carbons (Fsp3) is 0.696. The standard InChI is InChI=1S/C23H37N3O/c1-23(2,3)18-25-14-11-21(12-15-25)26-13-7-10-20(17-26)22(27)24-16-19-8-5-4-6-9-19/h4-6,8-9,20-21H,7,10-18H2,1-3H3,(H,24,27)/t20-/m1/s1. The van der Waals surface area contributed by atoms with E-state index in [-0.39, 0.29) is 11.8 Å². The average molecular weight is 372 g/mol. The number of piperidine rings is 2. The molecule has 0 spiro atoms. The summed E-state index contributed by atoms with van der Waals surface area (Å²) in [6.07, 6.45) is 4.66. The van der Waals surface area contributed by atoms with Gasteiger partial charge >= 0.3 is 0 Å². The lowest BCUT2D eigenvalue weighted by molar-refractivity contribution is -0.127. The Labute approximate surface area is 165 Å². The molecule has 2 aliphatic rings. The molecule has 0 radical (unpaired) electrons. The predicted octanol–water partition coefficient (Wildman–Crippen LogP) is 3.53. The Hall–Kier alpha value is -1.39. The highest BCUT2D eigenvalue weighted by molar-refractivity contribution is 5.78.